The van der Waals surface area contributed by atoms with Gasteiger partial charge in [0.2, 0.25) is 0 Å². The predicted molar refractivity (Wildman–Crippen MR) is 127 cm³/mol. The first-order valence-corrected chi connectivity index (χ1v) is 10.7. The molecule has 1 aliphatic carbocycles. The number of aromatic nitrogens is 4. The van der Waals surface area contributed by atoms with Gasteiger partial charge in [0.1, 0.15) is 24.0 Å². The van der Waals surface area contributed by atoms with E-state index >= 15 is 0 Å². The molecule has 3 heterocycles. The molecule has 1 unspecified atom stereocenters. The molecule has 0 fully saturated rings. The van der Waals surface area contributed by atoms with Crippen molar-refractivity contribution in [3.63, 3.8) is 0 Å². The lowest BCUT2D eigenvalue weighted by atomic mass is 9.97. The highest BCUT2D eigenvalue weighted by atomic mass is 19.1. The number of hydrogen-bond acceptors (Lipinski definition) is 5. The normalized spacial score (nSPS) is 18.2. The first-order chi connectivity index (χ1) is 15.4. The van der Waals surface area contributed by atoms with E-state index in [2.05, 4.69) is 53.5 Å². The van der Waals surface area contributed by atoms with Gasteiger partial charge in [-0.05, 0) is 31.1 Å². The number of benzene rings is 1. The molecule has 7 heteroatoms. The minimum absolute atomic E-state index is 0.210. The molecule has 0 bridgehead atoms. The summed E-state index contributed by atoms with van der Waals surface area (Å²) in [6.07, 6.45) is 7.96. The standard InChI is InChI=1S/C25H25FN6/c1-15(2)32-16(3)21-10-5-4-7-17(21)12-20(32)13-31-25-22(24(27)28-14-29-25)23(30-31)18-8-6-9-19(26)11-18/h4-10,12,14-15,19H,3,11,13H2,1-2H3,(H2,27,28,29). The van der Waals surface area contributed by atoms with E-state index < -0.39 is 6.17 Å². The van der Waals surface area contributed by atoms with Crippen LogP contribution in [-0.2, 0) is 6.54 Å². The van der Waals surface area contributed by atoms with Gasteiger partial charge in [0.25, 0.3) is 0 Å². The molecule has 0 radical (unpaired) electrons. The van der Waals surface area contributed by atoms with Crippen LogP contribution in [0.1, 0.15) is 37.1 Å². The van der Waals surface area contributed by atoms with Crippen molar-refractivity contribution in [3.8, 4) is 0 Å². The fourth-order valence-corrected chi connectivity index (χ4v) is 4.54. The second kappa shape index (κ2) is 7.75. The predicted octanol–water partition coefficient (Wildman–Crippen LogP) is 4.83. The third-order valence-corrected chi connectivity index (χ3v) is 5.92. The summed E-state index contributed by atoms with van der Waals surface area (Å²) in [4.78, 5) is 10.9. The third kappa shape index (κ3) is 3.30. The number of fused-ring (bicyclic) bond motifs is 2. The second-order valence-electron chi connectivity index (χ2n) is 8.39. The molecule has 2 N–H and O–H groups in total. The van der Waals surface area contributed by atoms with Crippen molar-refractivity contribution < 1.29 is 4.39 Å². The molecule has 1 aromatic carbocycles. The number of rotatable bonds is 4. The van der Waals surface area contributed by atoms with E-state index in [0.717, 1.165) is 28.1 Å². The number of hydrogen-bond donors (Lipinski definition) is 1. The molecule has 32 heavy (non-hydrogen) atoms. The van der Waals surface area contributed by atoms with E-state index in [1.54, 1.807) is 12.2 Å². The minimum atomic E-state index is -1.04. The van der Waals surface area contributed by atoms with Crippen LogP contribution in [0.2, 0.25) is 0 Å². The Morgan fingerprint density at radius 3 is 2.84 bits per heavy atom. The summed E-state index contributed by atoms with van der Waals surface area (Å²) >= 11 is 0. The summed E-state index contributed by atoms with van der Waals surface area (Å²) < 4.78 is 15.9. The maximum Gasteiger partial charge on any atom is 0.164 e. The van der Waals surface area contributed by atoms with Gasteiger partial charge < -0.3 is 10.6 Å². The number of allylic oxidation sites excluding steroid dienone is 5. The molecule has 0 saturated heterocycles. The largest absolute Gasteiger partial charge is 0.383 e. The number of anilines is 1. The topological polar surface area (TPSA) is 72.9 Å². The minimum Gasteiger partial charge on any atom is -0.383 e. The lowest BCUT2D eigenvalue weighted by Crippen LogP contribution is -2.32. The zero-order chi connectivity index (χ0) is 22.4. The third-order valence-electron chi connectivity index (χ3n) is 5.92. The number of alkyl halides is 1. The molecule has 162 valence electrons. The van der Waals surface area contributed by atoms with Crippen LogP contribution in [0.25, 0.3) is 28.4 Å². The molecule has 0 spiro atoms. The van der Waals surface area contributed by atoms with Crippen LogP contribution in [0, 0.1) is 0 Å². The molecule has 3 aromatic rings. The molecule has 1 aliphatic heterocycles. The Bertz CT molecular complexity index is 1310. The molecule has 5 rings (SSSR count). The van der Waals surface area contributed by atoms with E-state index in [-0.39, 0.29) is 12.5 Å². The zero-order valence-electron chi connectivity index (χ0n) is 18.2. The van der Waals surface area contributed by atoms with Crippen molar-refractivity contribution in [2.24, 2.45) is 0 Å². The van der Waals surface area contributed by atoms with Crippen LogP contribution >= 0.6 is 0 Å². The fourth-order valence-electron chi connectivity index (χ4n) is 4.54. The van der Waals surface area contributed by atoms with Crippen molar-refractivity contribution in [3.05, 3.63) is 77.9 Å². The Morgan fingerprint density at radius 1 is 1.25 bits per heavy atom. The van der Waals surface area contributed by atoms with E-state index in [9.17, 15) is 4.39 Å². The number of halogens is 1. The number of nitrogens with zero attached hydrogens (tertiary/aromatic N) is 5. The maximum atomic E-state index is 14.1. The Kier molecular flexibility index (Phi) is 4.89. The van der Waals surface area contributed by atoms with Crippen molar-refractivity contribution in [1.29, 1.82) is 0 Å². The van der Waals surface area contributed by atoms with Crippen LogP contribution in [0.15, 0.2) is 61.1 Å². The monoisotopic (exact) mass is 428 g/mol. The van der Waals surface area contributed by atoms with Gasteiger partial charge in [-0.2, -0.15) is 5.10 Å². The molecule has 1 atom stereocenters. The van der Waals surface area contributed by atoms with Crippen LogP contribution in [-0.4, -0.2) is 36.9 Å². The van der Waals surface area contributed by atoms with Crippen molar-refractivity contribution in [1.82, 2.24) is 24.6 Å². The zero-order valence-corrected chi connectivity index (χ0v) is 18.2. The van der Waals surface area contributed by atoms with Gasteiger partial charge in [-0.1, -0.05) is 49.1 Å². The summed E-state index contributed by atoms with van der Waals surface area (Å²) in [6, 6.07) is 8.44. The van der Waals surface area contributed by atoms with Gasteiger partial charge in [0.15, 0.2) is 5.65 Å². The van der Waals surface area contributed by atoms with Crippen LogP contribution in [0.5, 0.6) is 0 Å². The Labute approximate surface area is 186 Å². The van der Waals surface area contributed by atoms with Crippen LogP contribution < -0.4 is 5.73 Å². The average Bonchev–Trinajstić information content (AvgIpc) is 3.13. The molecule has 0 saturated carbocycles. The highest BCUT2D eigenvalue weighted by molar-refractivity contribution is 5.96. The lowest BCUT2D eigenvalue weighted by molar-refractivity contribution is 0.379. The molecular weight excluding hydrogens is 403 g/mol. The van der Waals surface area contributed by atoms with Crippen LogP contribution in [0.4, 0.5) is 10.2 Å². The second-order valence-corrected chi connectivity index (χ2v) is 8.39. The van der Waals surface area contributed by atoms with Gasteiger partial charge in [-0.15, -0.1) is 0 Å². The summed E-state index contributed by atoms with van der Waals surface area (Å²) in [5, 5.41) is 5.51. The molecule has 2 aliphatic rings. The van der Waals surface area contributed by atoms with E-state index in [4.69, 9.17) is 10.8 Å². The fraction of sp³-hybridized carbons (Fsp3) is 0.240. The Hall–Kier alpha value is -3.74. The van der Waals surface area contributed by atoms with Gasteiger partial charge >= 0.3 is 0 Å². The molecule has 6 nitrogen and oxygen atoms in total. The Morgan fingerprint density at radius 2 is 2.06 bits per heavy atom. The van der Waals surface area contributed by atoms with Crippen LogP contribution in [0.3, 0.4) is 0 Å². The van der Waals surface area contributed by atoms with Gasteiger partial charge in [0.05, 0.1) is 11.9 Å². The summed E-state index contributed by atoms with van der Waals surface area (Å²) in [6.45, 7) is 9.12. The smallest absolute Gasteiger partial charge is 0.164 e. The van der Waals surface area contributed by atoms with E-state index in [1.807, 2.05) is 22.9 Å². The maximum absolute atomic E-state index is 14.1. The quantitative estimate of drug-likeness (QED) is 0.645. The SMILES string of the molecule is C=C1c2ccccc2C=C(Cn2nc(C3=CC=CC(F)C3)c3c(N)ncnc32)N1C(C)C. The van der Waals surface area contributed by atoms with Gasteiger partial charge in [0, 0.05) is 29.4 Å². The number of nitrogens with two attached hydrogens (primary N) is 1. The highest BCUT2D eigenvalue weighted by Gasteiger charge is 2.27. The highest BCUT2D eigenvalue weighted by Crippen LogP contribution is 2.36. The first-order valence-electron chi connectivity index (χ1n) is 10.7. The molecule has 2 aromatic heterocycles. The lowest BCUT2D eigenvalue weighted by Gasteiger charge is -2.37. The summed E-state index contributed by atoms with van der Waals surface area (Å²) in [5.41, 5.74) is 12.5. The van der Waals surface area contributed by atoms with Crippen molar-refractivity contribution >= 4 is 34.2 Å². The van der Waals surface area contributed by atoms with Crippen molar-refractivity contribution in [2.75, 3.05) is 5.73 Å². The summed E-state index contributed by atoms with van der Waals surface area (Å²) in [7, 11) is 0. The summed E-state index contributed by atoms with van der Waals surface area (Å²) in [5.74, 6) is 0.343. The Balaban J connectivity index is 1.64. The average molecular weight is 429 g/mol. The molecule has 0 amide bonds. The van der Waals surface area contributed by atoms with Gasteiger partial charge in [-0.25, -0.2) is 19.0 Å². The van der Waals surface area contributed by atoms with E-state index in [1.165, 1.54) is 6.33 Å². The van der Waals surface area contributed by atoms with Gasteiger partial charge in [-0.3, -0.25) is 0 Å². The van der Waals surface area contributed by atoms with E-state index in [0.29, 0.717) is 29.1 Å². The van der Waals surface area contributed by atoms with Crippen molar-refractivity contribution in [2.45, 2.75) is 39.0 Å². The number of nitrogen functional groups attached to an aromatic ring is 1. The molecular formula is C25H25FN6. The first kappa shape index (κ1) is 20.2.